The molecule has 2 atom stereocenters. The van der Waals surface area contributed by atoms with Crippen molar-refractivity contribution in [3.05, 3.63) is 71.8 Å². The van der Waals surface area contributed by atoms with Gasteiger partial charge in [0, 0.05) is 11.3 Å². The van der Waals surface area contributed by atoms with Crippen LogP contribution >= 0.6 is 23.5 Å². The smallest absolute Gasteiger partial charge is 0.243 e. The topological polar surface area (TPSA) is 89.3 Å². The summed E-state index contributed by atoms with van der Waals surface area (Å²) < 4.78 is 0. The van der Waals surface area contributed by atoms with E-state index in [0.29, 0.717) is 18.4 Å². The van der Waals surface area contributed by atoms with E-state index < -0.39 is 23.8 Å². The summed E-state index contributed by atoms with van der Waals surface area (Å²) in [5.74, 6) is -0.362. The number of hydrogen-bond acceptors (Lipinski definition) is 6. The molecule has 154 valence electrons. The zero-order valence-electron chi connectivity index (χ0n) is 16.4. The maximum absolute atomic E-state index is 12.8. The van der Waals surface area contributed by atoms with Gasteiger partial charge in [-0.3, -0.25) is 19.7 Å². The van der Waals surface area contributed by atoms with Crippen molar-refractivity contribution in [2.24, 2.45) is 11.7 Å². The minimum absolute atomic E-state index is 0.0977. The molecule has 2 aromatic rings. The molecule has 0 heterocycles. The Bertz CT molecular complexity index is 800. The molecule has 2 rings (SSSR count). The van der Waals surface area contributed by atoms with E-state index in [1.165, 1.54) is 0 Å². The third-order valence-corrected chi connectivity index (χ3v) is 6.05. The summed E-state index contributed by atoms with van der Waals surface area (Å²) in [4.78, 5) is 37.4. The molecule has 0 bridgehead atoms. The van der Waals surface area contributed by atoms with Crippen molar-refractivity contribution in [1.29, 1.82) is 0 Å². The lowest BCUT2D eigenvalue weighted by atomic mass is 10.00. The van der Waals surface area contributed by atoms with Crippen molar-refractivity contribution in [3.8, 4) is 0 Å². The average Bonchev–Trinajstić information content (AvgIpc) is 2.75. The van der Waals surface area contributed by atoms with E-state index >= 15 is 0 Å². The van der Waals surface area contributed by atoms with Crippen molar-refractivity contribution in [1.82, 2.24) is 5.32 Å². The maximum atomic E-state index is 12.8. The molecule has 5 nitrogen and oxygen atoms in total. The number of hydrogen-bond donors (Lipinski definition) is 2. The fraction of sp³-hybridized carbons (Fsp3) is 0.318. The normalized spacial score (nSPS) is 12.8. The lowest BCUT2D eigenvalue weighted by molar-refractivity contribution is -0.133. The van der Waals surface area contributed by atoms with Crippen molar-refractivity contribution in [3.63, 3.8) is 0 Å². The second-order valence-corrected chi connectivity index (χ2v) is 8.57. The van der Waals surface area contributed by atoms with E-state index in [2.05, 4.69) is 5.32 Å². The molecule has 7 heteroatoms. The van der Waals surface area contributed by atoms with Crippen LogP contribution in [-0.4, -0.2) is 40.7 Å². The molecule has 1 unspecified atom stereocenters. The van der Waals surface area contributed by atoms with Gasteiger partial charge in [0.1, 0.15) is 0 Å². The SMILES string of the molecule is CSCC[C@H](N)C(=O)NC(=O)C(CSC(=O)c1ccccc1)Cc1ccccc1. The number of amides is 2. The largest absolute Gasteiger partial charge is 0.320 e. The molecule has 0 fully saturated rings. The Labute approximate surface area is 180 Å². The van der Waals surface area contributed by atoms with Crippen LogP contribution in [0, 0.1) is 5.92 Å². The molecule has 0 aliphatic rings. The number of benzene rings is 2. The summed E-state index contributed by atoms with van der Waals surface area (Å²) in [6, 6.07) is 17.8. The Kier molecular flexibility index (Phi) is 9.97. The highest BCUT2D eigenvalue weighted by Gasteiger charge is 2.24. The molecule has 0 spiro atoms. The van der Waals surface area contributed by atoms with E-state index in [1.807, 2.05) is 42.7 Å². The van der Waals surface area contributed by atoms with E-state index in [9.17, 15) is 14.4 Å². The second-order valence-electron chi connectivity index (χ2n) is 6.59. The number of carbonyl (C=O) groups is 3. The van der Waals surface area contributed by atoms with Crippen molar-refractivity contribution >= 4 is 40.5 Å². The predicted octanol–water partition coefficient (Wildman–Crippen LogP) is 3.14. The zero-order chi connectivity index (χ0) is 21.1. The minimum Gasteiger partial charge on any atom is -0.320 e. The van der Waals surface area contributed by atoms with E-state index in [4.69, 9.17) is 5.73 Å². The van der Waals surface area contributed by atoms with Crippen LogP contribution in [-0.2, 0) is 16.0 Å². The molecule has 0 aliphatic carbocycles. The Hall–Kier alpha value is -2.09. The van der Waals surface area contributed by atoms with Gasteiger partial charge in [-0.15, -0.1) is 0 Å². The van der Waals surface area contributed by atoms with E-state index in [0.717, 1.165) is 23.1 Å². The summed E-state index contributed by atoms with van der Waals surface area (Å²) in [5.41, 5.74) is 7.43. The number of imide groups is 1. The van der Waals surface area contributed by atoms with Crippen LogP contribution in [0.15, 0.2) is 60.7 Å². The quantitative estimate of drug-likeness (QED) is 0.602. The standard InChI is InChI=1S/C22H26N2O3S2/c1-28-13-12-19(23)21(26)24-20(25)18(14-16-8-4-2-5-9-16)15-29-22(27)17-10-6-3-7-11-17/h2-11,18-19H,12-15,23H2,1H3,(H,24,25,26)/t18?,19-/m0/s1. The highest BCUT2D eigenvalue weighted by molar-refractivity contribution is 8.14. The monoisotopic (exact) mass is 430 g/mol. The molecular weight excluding hydrogens is 404 g/mol. The number of thioether (sulfide) groups is 2. The summed E-state index contributed by atoms with van der Waals surface area (Å²) in [6.07, 6.45) is 2.88. The number of nitrogens with two attached hydrogens (primary N) is 1. The zero-order valence-corrected chi connectivity index (χ0v) is 18.0. The third kappa shape index (κ3) is 8.04. The van der Waals surface area contributed by atoms with Crippen LogP contribution in [0.3, 0.4) is 0 Å². The van der Waals surface area contributed by atoms with Gasteiger partial charge in [-0.25, -0.2) is 0 Å². The van der Waals surface area contributed by atoms with Crippen LogP contribution in [0.1, 0.15) is 22.3 Å². The van der Waals surface area contributed by atoms with Gasteiger partial charge < -0.3 is 5.73 Å². The second kappa shape index (κ2) is 12.5. The summed E-state index contributed by atoms with van der Waals surface area (Å²) >= 11 is 2.69. The third-order valence-electron chi connectivity index (χ3n) is 4.34. The van der Waals surface area contributed by atoms with Gasteiger partial charge in [0.15, 0.2) is 0 Å². The highest BCUT2D eigenvalue weighted by Crippen LogP contribution is 2.19. The van der Waals surface area contributed by atoms with Gasteiger partial charge in [-0.05, 0) is 30.4 Å². The molecule has 0 aliphatic heterocycles. The first-order valence-corrected chi connectivity index (χ1v) is 11.7. The molecule has 0 aromatic heterocycles. The lowest BCUT2D eigenvalue weighted by Gasteiger charge is -2.17. The van der Waals surface area contributed by atoms with Crippen LogP contribution in [0.2, 0.25) is 0 Å². The van der Waals surface area contributed by atoms with E-state index in [-0.39, 0.29) is 10.9 Å². The fourth-order valence-corrected chi connectivity index (χ4v) is 4.07. The Morgan fingerprint density at radius 1 is 0.966 bits per heavy atom. The first-order chi connectivity index (χ1) is 14.0. The fourth-order valence-electron chi connectivity index (χ4n) is 2.65. The molecule has 0 radical (unpaired) electrons. The van der Waals surface area contributed by atoms with Crippen LogP contribution in [0.4, 0.5) is 0 Å². The van der Waals surface area contributed by atoms with Crippen LogP contribution in [0.25, 0.3) is 0 Å². The number of rotatable bonds is 10. The molecular formula is C22H26N2O3S2. The molecule has 3 N–H and O–H groups in total. The lowest BCUT2D eigenvalue weighted by Crippen LogP contribution is -2.46. The first kappa shape index (κ1) is 23.2. The van der Waals surface area contributed by atoms with Crippen LogP contribution < -0.4 is 11.1 Å². The summed E-state index contributed by atoms with van der Waals surface area (Å²) in [5, 5.41) is 2.34. The predicted molar refractivity (Wildman–Crippen MR) is 121 cm³/mol. The summed E-state index contributed by atoms with van der Waals surface area (Å²) in [6.45, 7) is 0. The molecule has 0 saturated heterocycles. The first-order valence-electron chi connectivity index (χ1n) is 9.36. The average molecular weight is 431 g/mol. The minimum atomic E-state index is -0.720. The molecule has 29 heavy (non-hydrogen) atoms. The van der Waals surface area contributed by atoms with Crippen LogP contribution in [0.5, 0.6) is 0 Å². The van der Waals surface area contributed by atoms with Crippen molar-refractivity contribution in [2.45, 2.75) is 18.9 Å². The van der Waals surface area contributed by atoms with Gasteiger partial charge in [0.2, 0.25) is 16.9 Å². The summed E-state index contributed by atoms with van der Waals surface area (Å²) in [7, 11) is 0. The Morgan fingerprint density at radius 2 is 1.59 bits per heavy atom. The van der Waals surface area contributed by atoms with Gasteiger partial charge >= 0.3 is 0 Å². The Balaban J connectivity index is 2.02. The maximum Gasteiger partial charge on any atom is 0.243 e. The van der Waals surface area contributed by atoms with Gasteiger partial charge in [0.05, 0.1) is 12.0 Å². The van der Waals surface area contributed by atoms with E-state index in [1.54, 1.807) is 36.0 Å². The van der Waals surface area contributed by atoms with Gasteiger partial charge in [0.25, 0.3) is 0 Å². The highest BCUT2D eigenvalue weighted by atomic mass is 32.2. The molecule has 2 amide bonds. The molecule has 0 saturated carbocycles. The number of nitrogens with one attached hydrogen (secondary N) is 1. The van der Waals surface area contributed by atoms with Crippen molar-refractivity contribution in [2.75, 3.05) is 17.8 Å². The van der Waals surface area contributed by atoms with Crippen molar-refractivity contribution < 1.29 is 14.4 Å². The molecule has 2 aromatic carbocycles. The van der Waals surface area contributed by atoms with Gasteiger partial charge in [-0.2, -0.15) is 11.8 Å². The van der Waals surface area contributed by atoms with Gasteiger partial charge in [-0.1, -0.05) is 72.4 Å². The Morgan fingerprint density at radius 3 is 2.21 bits per heavy atom. The number of carbonyl (C=O) groups excluding carboxylic acids is 3.